The van der Waals surface area contributed by atoms with Crippen molar-refractivity contribution in [3.8, 4) is 5.75 Å². The monoisotopic (exact) mass is 387 g/mol. The average Bonchev–Trinajstić information content (AvgIpc) is 3.20. The van der Waals surface area contributed by atoms with Crippen molar-refractivity contribution >= 4 is 17.0 Å². The third-order valence-electron chi connectivity index (χ3n) is 5.12. The Hall–Kier alpha value is -2.21. The van der Waals surface area contributed by atoms with Gasteiger partial charge in [-0.2, -0.15) is 0 Å². The van der Waals surface area contributed by atoms with E-state index in [1.165, 1.54) is 30.3 Å². The van der Waals surface area contributed by atoms with E-state index in [9.17, 15) is 4.79 Å². The molecule has 154 valence electrons. The van der Waals surface area contributed by atoms with Crippen LogP contribution in [0.5, 0.6) is 5.75 Å². The molecule has 0 aliphatic carbocycles. The summed E-state index contributed by atoms with van der Waals surface area (Å²) < 4.78 is 11.1. The number of H-pyrrole nitrogens is 1. The number of amides is 1. The van der Waals surface area contributed by atoms with Crippen LogP contribution in [0.25, 0.3) is 10.9 Å². The summed E-state index contributed by atoms with van der Waals surface area (Å²) in [4.78, 5) is 17.5. The summed E-state index contributed by atoms with van der Waals surface area (Å²) in [5.74, 6) is 0.866. The van der Waals surface area contributed by atoms with Crippen molar-refractivity contribution < 1.29 is 14.3 Å². The van der Waals surface area contributed by atoms with Crippen LogP contribution in [0.1, 0.15) is 45.6 Å². The molecule has 0 saturated carbocycles. The number of likely N-dealkylation sites (N-methyl/N-ethyl adjacent to an activating group) is 1. The highest BCUT2D eigenvalue weighted by Gasteiger charge is 2.22. The van der Waals surface area contributed by atoms with Gasteiger partial charge >= 0.3 is 6.09 Å². The fraction of sp³-hybridized carbons (Fsp3) is 0.591. The largest absolute Gasteiger partial charge is 0.494 e. The van der Waals surface area contributed by atoms with Crippen LogP contribution in [-0.2, 0) is 11.2 Å². The van der Waals surface area contributed by atoms with Crippen LogP contribution in [0, 0.1) is 0 Å². The number of nitrogens with one attached hydrogen (secondary N) is 2. The maximum atomic E-state index is 11.6. The lowest BCUT2D eigenvalue weighted by Gasteiger charge is -2.19. The first-order valence-electron chi connectivity index (χ1n) is 10.2. The number of carbonyl (C=O) groups is 1. The van der Waals surface area contributed by atoms with E-state index < -0.39 is 5.60 Å². The number of hydrogen-bond donors (Lipinski definition) is 2. The zero-order chi connectivity index (χ0) is 20.1. The molecule has 1 unspecified atom stereocenters. The zero-order valence-electron chi connectivity index (χ0n) is 17.5. The van der Waals surface area contributed by atoms with E-state index in [4.69, 9.17) is 9.47 Å². The van der Waals surface area contributed by atoms with Crippen molar-refractivity contribution in [3.05, 3.63) is 30.0 Å². The summed E-state index contributed by atoms with van der Waals surface area (Å²) in [6.07, 6.45) is 6.09. The van der Waals surface area contributed by atoms with E-state index in [-0.39, 0.29) is 6.09 Å². The van der Waals surface area contributed by atoms with Crippen LogP contribution >= 0.6 is 0 Å². The Morgan fingerprint density at radius 3 is 2.89 bits per heavy atom. The highest BCUT2D eigenvalue weighted by atomic mass is 16.6. The number of hydrogen-bond acceptors (Lipinski definition) is 4. The molecule has 0 spiro atoms. The minimum atomic E-state index is -0.475. The second-order valence-electron chi connectivity index (χ2n) is 8.63. The molecule has 3 rings (SSSR count). The van der Waals surface area contributed by atoms with Gasteiger partial charge in [0.2, 0.25) is 0 Å². The number of alkyl carbamates (subject to hydrolysis) is 1. The van der Waals surface area contributed by atoms with E-state index in [1.807, 2.05) is 26.8 Å². The van der Waals surface area contributed by atoms with E-state index in [0.29, 0.717) is 19.2 Å². The number of carbonyl (C=O) groups excluding carboxylic acids is 1. The summed E-state index contributed by atoms with van der Waals surface area (Å²) >= 11 is 0. The third-order valence-corrected chi connectivity index (χ3v) is 5.12. The molecule has 1 aromatic heterocycles. The number of aromatic nitrogens is 1. The summed E-state index contributed by atoms with van der Waals surface area (Å²) in [7, 11) is 2.21. The maximum Gasteiger partial charge on any atom is 0.407 e. The molecule has 1 aliphatic rings. The van der Waals surface area contributed by atoms with Gasteiger partial charge in [-0.3, -0.25) is 0 Å². The standard InChI is InChI=1S/C22H33N3O3/c1-22(2,3)28-21(26)23-10-6-12-27-18-8-9-20-19(14-18)16(15-24-20)13-17-7-5-11-25(17)4/h8-9,14-15,17,24H,5-7,10-13H2,1-4H3,(H,23,26). The van der Waals surface area contributed by atoms with Crippen LogP contribution in [0.2, 0.25) is 0 Å². The highest BCUT2D eigenvalue weighted by Crippen LogP contribution is 2.27. The average molecular weight is 388 g/mol. The Morgan fingerprint density at radius 2 is 2.18 bits per heavy atom. The Bertz CT molecular complexity index is 794. The summed E-state index contributed by atoms with van der Waals surface area (Å²) in [6, 6.07) is 6.82. The number of rotatable bonds is 7. The molecule has 2 heterocycles. The van der Waals surface area contributed by atoms with Crippen LogP contribution < -0.4 is 10.1 Å². The second kappa shape index (κ2) is 8.86. The van der Waals surface area contributed by atoms with Crippen molar-refractivity contribution in [3.63, 3.8) is 0 Å². The van der Waals surface area contributed by atoms with E-state index in [1.54, 1.807) is 0 Å². The first-order valence-corrected chi connectivity index (χ1v) is 10.2. The molecule has 0 radical (unpaired) electrons. The molecule has 6 nitrogen and oxygen atoms in total. The molecular formula is C22H33N3O3. The molecule has 1 aliphatic heterocycles. The van der Waals surface area contributed by atoms with Gasteiger partial charge in [-0.25, -0.2) is 4.79 Å². The molecule has 2 aromatic rings. The predicted molar refractivity (Wildman–Crippen MR) is 112 cm³/mol. The van der Waals surface area contributed by atoms with Crippen molar-refractivity contribution in [1.29, 1.82) is 0 Å². The molecule has 1 saturated heterocycles. The molecule has 2 N–H and O–H groups in total. The van der Waals surface area contributed by atoms with Crippen LogP contribution in [0.4, 0.5) is 4.79 Å². The van der Waals surface area contributed by atoms with Crippen molar-refractivity contribution in [2.45, 2.75) is 58.1 Å². The van der Waals surface area contributed by atoms with Crippen molar-refractivity contribution in [1.82, 2.24) is 15.2 Å². The van der Waals surface area contributed by atoms with Gasteiger partial charge in [0.25, 0.3) is 0 Å². The molecule has 0 bridgehead atoms. The fourth-order valence-electron chi connectivity index (χ4n) is 3.67. The van der Waals surface area contributed by atoms with Crippen molar-refractivity contribution in [2.24, 2.45) is 0 Å². The summed E-state index contributed by atoms with van der Waals surface area (Å²) in [5, 5.41) is 3.99. The van der Waals surface area contributed by atoms with Gasteiger partial charge in [0.1, 0.15) is 11.4 Å². The lowest BCUT2D eigenvalue weighted by Crippen LogP contribution is -2.33. The Kier molecular flexibility index (Phi) is 6.50. The SMILES string of the molecule is CN1CCCC1Cc1c[nH]c2ccc(OCCCNC(=O)OC(C)(C)C)cc12. The first kappa shape index (κ1) is 20.5. The van der Waals surface area contributed by atoms with Crippen LogP contribution in [0.15, 0.2) is 24.4 Å². The van der Waals surface area contributed by atoms with Gasteiger partial charge in [0.15, 0.2) is 0 Å². The molecule has 28 heavy (non-hydrogen) atoms. The highest BCUT2D eigenvalue weighted by molar-refractivity contribution is 5.84. The Morgan fingerprint density at radius 1 is 1.36 bits per heavy atom. The maximum absolute atomic E-state index is 11.6. The minimum Gasteiger partial charge on any atom is -0.494 e. The summed E-state index contributed by atoms with van der Waals surface area (Å²) in [6.45, 7) is 7.83. The lowest BCUT2D eigenvalue weighted by atomic mass is 10.0. The number of aromatic amines is 1. The number of ether oxygens (including phenoxy) is 2. The van der Waals surface area contributed by atoms with Crippen molar-refractivity contribution in [2.75, 3.05) is 26.7 Å². The Labute approximate surface area is 167 Å². The fourth-order valence-corrected chi connectivity index (χ4v) is 3.67. The normalized spacial score (nSPS) is 17.8. The zero-order valence-corrected chi connectivity index (χ0v) is 17.5. The van der Waals surface area contributed by atoms with Crippen LogP contribution in [-0.4, -0.2) is 54.4 Å². The molecule has 6 heteroatoms. The van der Waals surface area contributed by atoms with Gasteiger partial charge in [0, 0.05) is 29.7 Å². The molecule has 1 atom stereocenters. The van der Waals surface area contributed by atoms with Gasteiger partial charge < -0.3 is 24.7 Å². The van der Waals surface area contributed by atoms with Gasteiger partial charge in [-0.05, 0) is 83.8 Å². The van der Waals surface area contributed by atoms with E-state index in [0.717, 1.165) is 24.1 Å². The van der Waals surface area contributed by atoms with E-state index >= 15 is 0 Å². The van der Waals surface area contributed by atoms with Gasteiger partial charge in [-0.15, -0.1) is 0 Å². The summed E-state index contributed by atoms with van der Waals surface area (Å²) in [5.41, 5.74) is 2.03. The number of fused-ring (bicyclic) bond motifs is 1. The number of benzene rings is 1. The lowest BCUT2D eigenvalue weighted by molar-refractivity contribution is 0.0525. The molecule has 1 amide bonds. The molecular weight excluding hydrogens is 354 g/mol. The second-order valence-corrected chi connectivity index (χ2v) is 8.63. The topological polar surface area (TPSA) is 66.6 Å². The van der Waals surface area contributed by atoms with Crippen LogP contribution in [0.3, 0.4) is 0 Å². The first-order chi connectivity index (χ1) is 13.3. The number of likely N-dealkylation sites (tertiary alicyclic amines) is 1. The molecule has 1 fully saturated rings. The third kappa shape index (κ3) is 5.64. The number of nitrogens with zero attached hydrogens (tertiary/aromatic N) is 1. The van der Waals surface area contributed by atoms with Gasteiger partial charge in [-0.1, -0.05) is 0 Å². The molecule has 1 aromatic carbocycles. The Balaban J connectivity index is 1.49. The predicted octanol–water partition coefficient (Wildman–Crippen LogP) is 4.10. The van der Waals surface area contributed by atoms with Gasteiger partial charge in [0.05, 0.1) is 6.61 Å². The quantitative estimate of drug-likeness (QED) is 0.702. The smallest absolute Gasteiger partial charge is 0.407 e. The van der Waals surface area contributed by atoms with E-state index in [2.05, 4.69) is 40.6 Å². The minimum absolute atomic E-state index is 0.386.